The molecule has 25 heavy (non-hydrogen) atoms. The lowest BCUT2D eigenvalue weighted by Crippen LogP contribution is -2.32. The topological polar surface area (TPSA) is 88.2 Å². The highest BCUT2D eigenvalue weighted by Gasteiger charge is 2.18. The number of aromatic nitrogens is 1. The second kappa shape index (κ2) is 7.97. The van der Waals surface area contributed by atoms with Crippen LogP contribution in [-0.2, 0) is 21.2 Å². The van der Waals surface area contributed by atoms with Crippen molar-refractivity contribution in [1.82, 2.24) is 10.3 Å². The molecular weight excluding hydrogens is 358 g/mol. The third-order valence-corrected chi connectivity index (χ3v) is 6.45. The minimum absolute atomic E-state index is 0.0336. The molecule has 1 aliphatic carbocycles. The van der Waals surface area contributed by atoms with Crippen LogP contribution in [-0.4, -0.2) is 25.4 Å². The maximum absolute atomic E-state index is 12.3. The van der Waals surface area contributed by atoms with Gasteiger partial charge in [0.25, 0.3) is 10.0 Å². The minimum atomic E-state index is -3.63. The van der Waals surface area contributed by atoms with Gasteiger partial charge in [0, 0.05) is 17.8 Å². The van der Waals surface area contributed by atoms with E-state index in [0.29, 0.717) is 24.0 Å². The Balaban J connectivity index is 1.53. The Kier molecular flexibility index (Phi) is 5.70. The molecule has 1 amide bonds. The summed E-state index contributed by atoms with van der Waals surface area (Å²) in [7, 11) is -3.63. The minimum Gasteiger partial charge on any atom is -0.353 e. The summed E-state index contributed by atoms with van der Waals surface area (Å²) in [5, 5.41) is 5.14. The lowest BCUT2D eigenvalue weighted by molar-refractivity contribution is -0.121. The van der Waals surface area contributed by atoms with Crippen molar-refractivity contribution < 1.29 is 13.2 Å². The van der Waals surface area contributed by atoms with E-state index in [2.05, 4.69) is 15.0 Å². The van der Waals surface area contributed by atoms with Crippen molar-refractivity contribution in [2.75, 3.05) is 4.72 Å². The molecule has 0 saturated heterocycles. The normalized spacial score (nSPS) is 15.2. The Morgan fingerprint density at radius 1 is 1.20 bits per heavy atom. The molecule has 8 heteroatoms. The number of rotatable bonds is 7. The summed E-state index contributed by atoms with van der Waals surface area (Å²) >= 11 is 1.22. The highest BCUT2D eigenvalue weighted by Crippen LogP contribution is 2.21. The number of amides is 1. The standard InChI is InChI=1S/C17H21N3O3S2/c21-16(18-13-6-4-5-7-13)11-10-14-12-24-17(19-14)20-25(22,23)15-8-2-1-3-9-15/h1-3,8-9,12-13H,4-7,10-11H2,(H,18,21)(H,19,20). The second-order valence-electron chi connectivity index (χ2n) is 6.11. The molecule has 1 aromatic carbocycles. The van der Waals surface area contributed by atoms with Crippen LogP contribution in [0.15, 0.2) is 40.6 Å². The van der Waals surface area contributed by atoms with Crippen LogP contribution in [0.3, 0.4) is 0 Å². The number of carbonyl (C=O) groups is 1. The molecule has 0 radical (unpaired) electrons. The van der Waals surface area contributed by atoms with E-state index in [1.807, 2.05) is 0 Å². The van der Waals surface area contributed by atoms with Crippen LogP contribution >= 0.6 is 11.3 Å². The molecule has 0 bridgehead atoms. The largest absolute Gasteiger partial charge is 0.353 e. The molecule has 134 valence electrons. The maximum Gasteiger partial charge on any atom is 0.263 e. The van der Waals surface area contributed by atoms with E-state index in [4.69, 9.17) is 0 Å². The second-order valence-corrected chi connectivity index (χ2v) is 8.65. The van der Waals surface area contributed by atoms with Gasteiger partial charge in [0.15, 0.2) is 5.13 Å². The molecule has 0 aliphatic heterocycles. The fourth-order valence-electron chi connectivity index (χ4n) is 2.85. The van der Waals surface area contributed by atoms with Crippen LogP contribution in [0.5, 0.6) is 0 Å². The van der Waals surface area contributed by atoms with Crippen molar-refractivity contribution in [3.63, 3.8) is 0 Å². The van der Waals surface area contributed by atoms with Crippen LogP contribution < -0.4 is 10.0 Å². The van der Waals surface area contributed by atoms with Crippen LogP contribution in [0.1, 0.15) is 37.8 Å². The number of carbonyl (C=O) groups excluding carboxylic acids is 1. The van der Waals surface area contributed by atoms with Crippen LogP contribution in [0.4, 0.5) is 5.13 Å². The quantitative estimate of drug-likeness (QED) is 0.774. The number of nitrogens with one attached hydrogen (secondary N) is 2. The average Bonchev–Trinajstić information content (AvgIpc) is 3.25. The van der Waals surface area contributed by atoms with Gasteiger partial charge in [-0.2, -0.15) is 0 Å². The van der Waals surface area contributed by atoms with Gasteiger partial charge in [-0.1, -0.05) is 31.0 Å². The predicted octanol–water partition coefficient (Wildman–Crippen LogP) is 2.94. The number of sulfonamides is 1. The summed E-state index contributed by atoms with van der Waals surface area (Å²) in [5.41, 5.74) is 0.720. The van der Waals surface area contributed by atoms with Gasteiger partial charge in [0.05, 0.1) is 10.6 Å². The number of benzene rings is 1. The van der Waals surface area contributed by atoms with Gasteiger partial charge in [-0.25, -0.2) is 13.4 Å². The molecule has 1 heterocycles. The lowest BCUT2D eigenvalue weighted by atomic mass is 10.2. The Morgan fingerprint density at radius 3 is 2.64 bits per heavy atom. The van der Waals surface area contributed by atoms with E-state index in [1.54, 1.807) is 23.6 Å². The molecule has 2 aromatic rings. The van der Waals surface area contributed by atoms with E-state index in [9.17, 15) is 13.2 Å². The number of aryl methyl sites for hydroxylation is 1. The van der Waals surface area contributed by atoms with Gasteiger partial charge in [-0.15, -0.1) is 11.3 Å². The molecular formula is C17H21N3O3S2. The van der Waals surface area contributed by atoms with Gasteiger partial charge >= 0.3 is 0 Å². The maximum atomic E-state index is 12.3. The predicted molar refractivity (Wildman–Crippen MR) is 98.1 cm³/mol. The fraction of sp³-hybridized carbons (Fsp3) is 0.412. The molecule has 1 aromatic heterocycles. The van der Waals surface area contributed by atoms with Gasteiger partial charge in [0.2, 0.25) is 5.91 Å². The van der Waals surface area contributed by atoms with Crippen molar-refractivity contribution in [3.8, 4) is 0 Å². The van der Waals surface area contributed by atoms with E-state index >= 15 is 0 Å². The molecule has 0 spiro atoms. The summed E-state index contributed by atoms with van der Waals surface area (Å²) in [6.07, 6.45) is 5.36. The van der Waals surface area contributed by atoms with E-state index in [-0.39, 0.29) is 10.8 Å². The first-order chi connectivity index (χ1) is 12.0. The first kappa shape index (κ1) is 17.9. The smallest absolute Gasteiger partial charge is 0.263 e. The van der Waals surface area contributed by atoms with Crippen molar-refractivity contribution in [3.05, 3.63) is 41.4 Å². The van der Waals surface area contributed by atoms with E-state index in [1.165, 1.54) is 36.3 Å². The molecule has 0 atom stereocenters. The molecule has 2 N–H and O–H groups in total. The lowest BCUT2D eigenvalue weighted by Gasteiger charge is -2.11. The molecule has 3 rings (SSSR count). The van der Waals surface area contributed by atoms with Crippen molar-refractivity contribution in [1.29, 1.82) is 0 Å². The SMILES string of the molecule is O=C(CCc1csc(NS(=O)(=O)c2ccccc2)n1)NC1CCCC1. The molecule has 6 nitrogen and oxygen atoms in total. The Labute approximate surface area is 151 Å². The summed E-state index contributed by atoms with van der Waals surface area (Å²) in [6.45, 7) is 0. The Bertz CT molecular complexity index is 813. The number of thiazole rings is 1. The number of anilines is 1. The highest BCUT2D eigenvalue weighted by atomic mass is 32.2. The van der Waals surface area contributed by atoms with Crippen molar-refractivity contribution in [2.24, 2.45) is 0 Å². The van der Waals surface area contributed by atoms with Crippen LogP contribution in [0, 0.1) is 0 Å². The first-order valence-corrected chi connectivity index (χ1v) is 10.7. The Morgan fingerprint density at radius 2 is 1.92 bits per heavy atom. The number of hydrogen-bond acceptors (Lipinski definition) is 5. The average molecular weight is 380 g/mol. The van der Waals surface area contributed by atoms with Gasteiger partial charge in [0.1, 0.15) is 0 Å². The monoisotopic (exact) mass is 379 g/mol. The zero-order valence-electron chi connectivity index (χ0n) is 13.8. The summed E-state index contributed by atoms with van der Waals surface area (Å²) in [5.74, 6) is 0.0336. The number of nitrogens with zero attached hydrogens (tertiary/aromatic N) is 1. The first-order valence-electron chi connectivity index (χ1n) is 8.34. The molecule has 0 unspecified atom stereocenters. The van der Waals surface area contributed by atoms with Gasteiger partial charge in [-0.3, -0.25) is 9.52 Å². The van der Waals surface area contributed by atoms with Gasteiger partial charge in [-0.05, 0) is 31.4 Å². The summed E-state index contributed by atoms with van der Waals surface area (Å²) < 4.78 is 27.0. The van der Waals surface area contributed by atoms with E-state index in [0.717, 1.165) is 18.5 Å². The fourth-order valence-corrected chi connectivity index (χ4v) is 4.87. The molecule has 1 saturated carbocycles. The summed E-state index contributed by atoms with van der Waals surface area (Å²) in [6, 6.07) is 8.48. The van der Waals surface area contributed by atoms with E-state index < -0.39 is 10.0 Å². The highest BCUT2D eigenvalue weighted by molar-refractivity contribution is 7.93. The molecule has 1 aliphatic rings. The number of hydrogen-bond donors (Lipinski definition) is 2. The van der Waals surface area contributed by atoms with Crippen LogP contribution in [0.2, 0.25) is 0 Å². The Hall–Kier alpha value is -1.93. The summed E-state index contributed by atoms with van der Waals surface area (Å²) in [4.78, 5) is 16.4. The third kappa shape index (κ3) is 5.02. The third-order valence-electron chi connectivity index (χ3n) is 4.16. The van der Waals surface area contributed by atoms with Crippen LogP contribution in [0.25, 0.3) is 0 Å². The zero-order valence-corrected chi connectivity index (χ0v) is 15.4. The zero-order chi connectivity index (χ0) is 17.7. The van der Waals surface area contributed by atoms with Crippen molar-refractivity contribution in [2.45, 2.75) is 49.5 Å². The van der Waals surface area contributed by atoms with Gasteiger partial charge < -0.3 is 5.32 Å². The molecule has 1 fully saturated rings. The van der Waals surface area contributed by atoms with Crippen molar-refractivity contribution >= 4 is 32.4 Å².